The third kappa shape index (κ3) is 2.08. The summed E-state index contributed by atoms with van der Waals surface area (Å²) in [6.45, 7) is 5.51. The number of hydrogen-bond donors (Lipinski definition) is 1. The Balaban J connectivity index is 1.75. The van der Waals surface area contributed by atoms with Crippen molar-refractivity contribution in [2.75, 3.05) is 19.6 Å². The van der Waals surface area contributed by atoms with Crippen molar-refractivity contribution < 1.29 is 5.21 Å². The van der Waals surface area contributed by atoms with Gasteiger partial charge in [-0.15, -0.1) is 0 Å². The van der Waals surface area contributed by atoms with Crippen molar-refractivity contribution in [3.8, 4) is 0 Å². The summed E-state index contributed by atoms with van der Waals surface area (Å²) in [6.07, 6.45) is 5.23. The highest BCUT2D eigenvalue weighted by Gasteiger charge is 2.27. The maximum absolute atomic E-state index is 8.65. The highest BCUT2D eigenvalue weighted by atomic mass is 16.4. The van der Waals surface area contributed by atoms with Gasteiger partial charge < -0.3 is 5.21 Å². The van der Waals surface area contributed by atoms with Gasteiger partial charge in [0.1, 0.15) is 0 Å². The van der Waals surface area contributed by atoms with Gasteiger partial charge in [-0.2, -0.15) is 0 Å². The molecule has 2 fully saturated rings. The van der Waals surface area contributed by atoms with Crippen LogP contribution in [-0.4, -0.2) is 35.5 Å². The van der Waals surface area contributed by atoms with E-state index in [1.54, 1.807) is 0 Å². The number of nitrogens with zero attached hydrogens (tertiary/aromatic N) is 2. The maximum atomic E-state index is 8.65. The molecule has 1 aliphatic heterocycles. The molecule has 1 atom stereocenters. The first kappa shape index (κ1) is 9.97. The van der Waals surface area contributed by atoms with Gasteiger partial charge in [0.15, 0.2) is 0 Å². The Kier molecular flexibility index (Phi) is 3.06. The first-order chi connectivity index (χ1) is 6.79. The summed E-state index contributed by atoms with van der Waals surface area (Å²) in [5, 5.41) is 11.9. The summed E-state index contributed by atoms with van der Waals surface area (Å²) in [4.78, 5) is 2.41. The Bertz CT molecular complexity index is 223. The van der Waals surface area contributed by atoms with Gasteiger partial charge in [0, 0.05) is 26.1 Å². The Labute approximate surface area is 85.8 Å². The summed E-state index contributed by atoms with van der Waals surface area (Å²) in [5.41, 5.74) is 0.950. The zero-order chi connectivity index (χ0) is 9.97. The van der Waals surface area contributed by atoms with Crippen LogP contribution < -0.4 is 0 Å². The van der Waals surface area contributed by atoms with Gasteiger partial charge in [-0.25, -0.2) is 0 Å². The lowest BCUT2D eigenvalue weighted by molar-refractivity contribution is 0.169. The molecule has 1 heterocycles. The molecule has 0 amide bonds. The lowest BCUT2D eigenvalue weighted by atomic mass is 9.76. The standard InChI is InChI=1S/C11H20N2O/c1-9(10-3-2-4-10)7-13-6-5-11(8-13)12-14/h9-10,14H,2-8H2,1H3/b12-11-. The van der Waals surface area contributed by atoms with Crippen LogP contribution in [0.15, 0.2) is 5.16 Å². The van der Waals surface area contributed by atoms with Crippen LogP contribution in [-0.2, 0) is 0 Å². The van der Waals surface area contributed by atoms with E-state index < -0.39 is 0 Å². The van der Waals surface area contributed by atoms with Crippen LogP contribution in [0.5, 0.6) is 0 Å². The van der Waals surface area contributed by atoms with Crippen molar-refractivity contribution >= 4 is 5.71 Å². The van der Waals surface area contributed by atoms with Crippen molar-refractivity contribution in [3.05, 3.63) is 0 Å². The molecule has 2 aliphatic rings. The van der Waals surface area contributed by atoms with E-state index in [4.69, 9.17) is 5.21 Å². The highest BCUT2D eigenvalue weighted by Crippen LogP contribution is 2.33. The van der Waals surface area contributed by atoms with E-state index in [0.717, 1.165) is 37.1 Å². The van der Waals surface area contributed by atoms with Gasteiger partial charge >= 0.3 is 0 Å². The van der Waals surface area contributed by atoms with Crippen molar-refractivity contribution in [2.24, 2.45) is 17.0 Å². The quantitative estimate of drug-likeness (QED) is 0.553. The fourth-order valence-electron chi connectivity index (χ4n) is 2.51. The van der Waals surface area contributed by atoms with Crippen molar-refractivity contribution in [1.29, 1.82) is 0 Å². The molecule has 3 heteroatoms. The molecule has 1 unspecified atom stereocenters. The molecule has 0 aromatic heterocycles. The average Bonchev–Trinajstić information content (AvgIpc) is 2.48. The summed E-state index contributed by atoms with van der Waals surface area (Å²) < 4.78 is 0. The van der Waals surface area contributed by atoms with E-state index in [1.807, 2.05) is 0 Å². The van der Waals surface area contributed by atoms with Crippen LogP contribution in [0.4, 0.5) is 0 Å². The summed E-state index contributed by atoms with van der Waals surface area (Å²) in [5.74, 6) is 1.78. The van der Waals surface area contributed by atoms with Crippen LogP contribution >= 0.6 is 0 Å². The SMILES string of the molecule is CC(CN1CC/C(=N/O)C1)C1CCC1. The molecule has 0 radical (unpaired) electrons. The van der Waals surface area contributed by atoms with Crippen LogP contribution in [0, 0.1) is 11.8 Å². The minimum absolute atomic E-state index is 0.821. The predicted octanol–water partition coefficient (Wildman–Crippen LogP) is 1.96. The molecule has 1 saturated heterocycles. The molecule has 0 aromatic rings. The third-order valence-electron chi connectivity index (χ3n) is 3.76. The highest BCUT2D eigenvalue weighted by molar-refractivity contribution is 5.87. The second-order valence-corrected chi connectivity index (χ2v) is 4.82. The summed E-state index contributed by atoms with van der Waals surface area (Å²) in [6, 6.07) is 0. The van der Waals surface area contributed by atoms with Gasteiger partial charge in [0.05, 0.1) is 5.71 Å². The predicted molar refractivity (Wildman–Crippen MR) is 56.8 cm³/mol. The average molecular weight is 196 g/mol. The zero-order valence-corrected chi connectivity index (χ0v) is 8.95. The lowest BCUT2D eigenvalue weighted by Gasteiger charge is -2.33. The fraction of sp³-hybridized carbons (Fsp3) is 0.909. The normalized spacial score (nSPS) is 29.4. The molecule has 0 spiro atoms. The van der Waals surface area contributed by atoms with Gasteiger partial charge in [0.2, 0.25) is 0 Å². The molecular formula is C11H20N2O. The molecule has 1 N–H and O–H groups in total. The second-order valence-electron chi connectivity index (χ2n) is 4.82. The molecule has 1 aliphatic carbocycles. The smallest absolute Gasteiger partial charge is 0.0723 e. The van der Waals surface area contributed by atoms with Crippen molar-refractivity contribution in [3.63, 3.8) is 0 Å². The van der Waals surface area contributed by atoms with Crippen LogP contribution in [0.2, 0.25) is 0 Å². The molecule has 2 rings (SSSR count). The van der Waals surface area contributed by atoms with Crippen LogP contribution in [0.1, 0.15) is 32.6 Å². The van der Waals surface area contributed by atoms with Gasteiger partial charge in [-0.05, 0) is 11.8 Å². The zero-order valence-electron chi connectivity index (χ0n) is 8.95. The Morgan fingerprint density at radius 1 is 1.57 bits per heavy atom. The van der Waals surface area contributed by atoms with Gasteiger partial charge in [-0.3, -0.25) is 4.90 Å². The van der Waals surface area contributed by atoms with Gasteiger partial charge in [0.25, 0.3) is 0 Å². The van der Waals surface area contributed by atoms with E-state index in [9.17, 15) is 0 Å². The fourth-order valence-corrected chi connectivity index (χ4v) is 2.51. The first-order valence-electron chi connectivity index (χ1n) is 5.71. The van der Waals surface area contributed by atoms with E-state index in [0.29, 0.717) is 0 Å². The number of likely N-dealkylation sites (tertiary alicyclic amines) is 1. The number of hydrogen-bond acceptors (Lipinski definition) is 3. The monoisotopic (exact) mass is 196 g/mol. The summed E-state index contributed by atoms with van der Waals surface area (Å²) >= 11 is 0. The summed E-state index contributed by atoms with van der Waals surface area (Å²) in [7, 11) is 0. The minimum atomic E-state index is 0.821. The number of rotatable bonds is 3. The van der Waals surface area contributed by atoms with E-state index in [2.05, 4.69) is 17.0 Å². The van der Waals surface area contributed by atoms with Crippen LogP contribution in [0.25, 0.3) is 0 Å². The second kappa shape index (κ2) is 4.30. The molecular weight excluding hydrogens is 176 g/mol. The third-order valence-corrected chi connectivity index (χ3v) is 3.76. The Morgan fingerprint density at radius 2 is 2.36 bits per heavy atom. The van der Waals surface area contributed by atoms with E-state index in [1.165, 1.54) is 25.8 Å². The largest absolute Gasteiger partial charge is 0.411 e. The van der Waals surface area contributed by atoms with Gasteiger partial charge in [-0.1, -0.05) is 31.3 Å². The maximum Gasteiger partial charge on any atom is 0.0723 e. The van der Waals surface area contributed by atoms with E-state index in [-0.39, 0.29) is 0 Å². The van der Waals surface area contributed by atoms with E-state index >= 15 is 0 Å². The molecule has 80 valence electrons. The lowest BCUT2D eigenvalue weighted by Crippen LogP contribution is -2.32. The Hall–Kier alpha value is -0.570. The molecule has 14 heavy (non-hydrogen) atoms. The molecule has 0 bridgehead atoms. The molecule has 3 nitrogen and oxygen atoms in total. The molecule has 0 aromatic carbocycles. The topological polar surface area (TPSA) is 35.8 Å². The van der Waals surface area contributed by atoms with Crippen LogP contribution in [0.3, 0.4) is 0 Å². The van der Waals surface area contributed by atoms with Crippen molar-refractivity contribution in [1.82, 2.24) is 4.90 Å². The van der Waals surface area contributed by atoms with Crippen molar-refractivity contribution in [2.45, 2.75) is 32.6 Å². The minimum Gasteiger partial charge on any atom is -0.411 e. The number of oxime groups is 1. The Morgan fingerprint density at radius 3 is 2.86 bits per heavy atom. The molecule has 1 saturated carbocycles. The first-order valence-corrected chi connectivity index (χ1v) is 5.71.